The molecule has 10 heteroatoms. The molecule has 1 aliphatic heterocycles. The highest BCUT2D eigenvalue weighted by atomic mass is 35.5. The molecule has 1 aliphatic rings. The maximum absolute atomic E-state index is 14.6. The first-order valence-corrected chi connectivity index (χ1v) is 7.56. The molecule has 1 unspecified atom stereocenters. The molecule has 8 nitrogen and oxygen atoms in total. The Hall–Kier alpha value is -2.26. The number of carbonyl (C=O) groups is 2. The number of cyclic esters (lactones) is 1. The predicted octanol–water partition coefficient (Wildman–Crippen LogP) is 2.49. The molecule has 0 radical (unpaired) electrons. The van der Waals surface area contributed by atoms with Gasteiger partial charge in [-0.2, -0.15) is 0 Å². The van der Waals surface area contributed by atoms with Crippen LogP contribution in [0.5, 0.6) is 5.75 Å². The van der Waals surface area contributed by atoms with Crippen LogP contribution < -0.4 is 20.9 Å². The third-order valence-corrected chi connectivity index (χ3v) is 3.66. The zero-order valence-electron chi connectivity index (χ0n) is 13.0. The summed E-state index contributed by atoms with van der Waals surface area (Å²) >= 11 is 5.96. The summed E-state index contributed by atoms with van der Waals surface area (Å²) in [6.07, 6.45) is -2.83. The van der Waals surface area contributed by atoms with Gasteiger partial charge in [-0.3, -0.25) is 5.43 Å². The molecule has 0 spiro atoms. The fourth-order valence-electron chi connectivity index (χ4n) is 2.36. The van der Waals surface area contributed by atoms with Crippen molar-refractivity contribution in [2.45, 2.75) is 26.0 Å². The third-order valence-electron chi connectivity index (χ3n) is 3.39. The zero-order valence-corrected chi connectivity index (χ0v) is 13.7. The zero-order chi connectivity index (χ0) is 17.9. The summed E-state index contributed by atoms with van der Waals surface area (Å²) in [4.78, 5) is 21.9. The van der Waals surface area contributed by atoms with Crippen molar-refractivity contribution in [1.29, 1.82) is 0 Å². The van der Waals surface area contributed by atoms with Crippen molar-refractivity contribution in [2.24, 2.45) is 0 Å². The van der Waals surface area contributed by atoms with Crippen LogP contribution in [-0.4, -0.2) is 30.4 Å². The third kappa shape index (κ3) is 3.80. The first-order chi connectivity index (χ1) is 11.3. The van der Waals surface area contributed by atoms with E-state index in [0.29, 0.717) is 5.56 Å². The van der Waals surface area contributed by atoms with Gasteiger partial charge < -0.3 is 19.9 Å². The molecule has 4 N–H and O–H groups in total. The number of rotatable bonds is 6. The summed E-state index contributed by atoms with van der Waals surface area (Å²) < 4.78 is 25.2. The maximum Gasteiger partial charge on any atom is 0.419 e. The van der Waals surface area contributed by atoms with Crippen LogP contribution in [0, 0.1) is 5.82 Å². The van der Waals surface area contributed by atoms with Gasteiger partial charge in [-0.05, 0) is 19.9 Å². The number of amides is 2. The number of alkyl carbamates (subject to hydrolysis) is 1. The minimum atomic E-state index is -1.28. The van der Waals surface area contributed by atoms with E-state index < -0.39 is 30.1 Å². The Labute approximate surface area is 142 Å². The fourth-order valence-corrected chi connectivity index (χ4v) is 2.58. The first-order valence-electron chi connectivity index (χ1n) is 7.18. The van der Waals surface area contributed by atoms with Crippen LogP contribution in [0.3, 0.4) is 0 Å². The van der Waals surface area contributed by atoms with Crippen molar-refractivity contribution in [1.82, 2.24) is 16.2 Å². The largest absolute Gasteiger partial charge is 0.493 e. The Balaban J connectivity index is 2.48. The summed E-state index contributed by atoms with van der Waals surface area (Å²) in [7, 11) is 0. The smallest absolute Gasteiger partial charge is 0.419 e. The molecule has 1 aromatic rings. The maximum atomic E-state index is 14.6. The number of hydrazine groups is 1. The number of ether oxygens (including phenoxy) is 2. The van der Waals surface area contributed by atoms with Crippen LogP contribution in [0.4, 0.5) is 14.0 Å². The van der Waals surface area contributed by atoms with E-state index in [-0.39, 0.29) is 29.5 Å². The fraction of sp³-hybridized carbons (Fsp3) is 0.429. The molecule has 2 atom stereocenters. The number of carboxylic acid groups (broad SMARTS) is 1. The van der Waals surface area contributed by atoms with Crippen LogP contribution >= 0.6 is 11.6 Å². The second-order valence-electron chi connectivity index (χ2n) is 5.01. The molecule has 1 fully saturated rings. The topological polar surface area (TPSA) is 109 Å². The molecular formula is C14H17ClFN3O5. The number of carbonyl (C=O) groups excluding carboxylic acids is 1. The average molecular weight is 362 g/mol. The molecule has 0 aliphatic carbocycles. The van der Waals surface area contributed by atoms with Crippen LogP contribution in [0.15, 0.2) is 6.07 Å². The summed E-state index contributed by atoms with van der Waals surface area (Å²) in [5.41, 5.74) is 5.00. The van der Waals surface area contributed by atoms with Crippen molar-refractivity contribution in [2.75, 3.05) is 13.2 Å². The Bertz CT molecular complexity index is 658. The summed E-state index contributed by atoms with van der Waals surface area (Å²) in [6, 6.07) is 0.765. The normalized spacial score (nSPS) is 17.8. The number of nitrogens with one attached hydrogen (secondary N) is 3. The Kier molecular flexibility index (Phi) is 5.68. The van der Waals surface area contributed by atoms with Crippen molar-refractivity contribution in [3.05, 3.63) is 28.0 Å². The highest BCUT2D eigenvalue weighted by Gasteiger charge is 2.33. The van der Waals surface area contributed by atoms with Crippen LogP contribution in [0.2, 0.25) is 5.02 Å². The Morgan fingerprint density at radius 1 is 1.67 bits per heavy atom. The van der Waals surface area contributed by atoms with Gasteiger partial charge >= 0.3 is 12.2 Å². The SMILES string of the molecule is CCOc1c(C(C)NNC(=O)O)cc(Cl)c(F)c1[C@@H]1CNC(=O)O1. The minimum Gasteiger partial charge on any atom is -0.493 e. The molecule has 1 saturated heterocycles. The minimum absolute atomic E-state index is 0.0154. The molecule has 0 aromatic heterocycles. The molecule has 24 heavy (non-hydrogen) atoms. The van der Waals surface area contributed by atoms with Gasteiger partial charge in [0.2, 0.25) is 0 Å². The lowest BCUT2D eigenvalue weighted by molar-refractivity contribution is 0.136. The number of hydrogen-bond acceptors (Lipinski definition) is 5. The van der Waals surface area contributed by atoms with Crippen molar-refractivity contribution >= 4 is 23.8 Å². The first kappa shape index (κ1) is 18.1. The Morgan fingerprint density at radius 2 is 2.38 bits per heavy atom. The lowest BCUT2D eigenvalue weighted by atomic mass is 9.99. The van der Waals surface area contributed by atoms with Crippen LogP contribution in [0.25, 0.3) is 0 Å². The van der Waals surface area contributed by atoms with Gasteiger partial charge in [0, 0.05) is 5.56 Å². The Morgan fingerprint density at radius 3 is 2.92 bits per heavy atom. The van der Waals surface area contributed by atoms with Gasteiger partial charge in [0.1, 0.15) is 5.75 Å². The van der Waals surface area contributed by atoms with Crippen molar-refractivity contribution in [3.63, 3.8) is 0 Å². The highest BCUT2D eigenvalue weighted by molar-refractivity contribution is 6.31. The van der Waals surface area contributed by atoms with E-state index in [0.717, 1.165) is 0 Å². The van der Waals surface area contributed by atoms with Gasteiger partial charge in [0.15, 0.2) is 11.9 Å². The van der Waals surface area contributed by atoms with E-state index in [1.165, 1.54) is 6.07 Å². The van der Waals surface area contributed by atoms with Crippen molar-refractivity contribution in [3.8, 4) is 5.75 Å². The average Bonchev–Trinajstić information content (AvgIpc) is 2.94. The summed E-state index contributed by atoms with van der Waals surface area (Å²) in [5.74, 6) is -0.586. The predicted molar refractivity (Wildman–Crippen MR) is 82.5 cm³/mol. The van der Waals surface area contributed by atoms with E-state index in [2.05, 4.69) is 10.7 Å². The second kappa shape index (κ2) is 7.54. The van der Waals surface area contributed by atoms with Crippen molar-refractivity contribution < 1.29 is 28.6 Å². The van der Waals surface area contributed by atoms with Gasteiger partial charge in [-0.25, -0.2) is 19.4 Å². The van der Waals surface area contributed by atoms with E-state index in [1.807, 2.05) is 5.43 Å². The summed E-state index contributed by atoms with van der Waals surface area (Å²) in [6.45, 7) is 3.66. The monoisotopic (exact) mass is 361 g/mol. The van der Waals surface area contributed by atoms with E-state index >= 15 is 0 Å². The number of benzene rings is 1. The molecule has 0 bridgehead atoms. The van der Waals surface area contributed by atoms with Gasteiger partial charge in [0.25, 0.3) is 0 Å². The number of halogens is 2. The molecule has 0 saturated carbocycles. The molecule has 2 rings (SSSR count). The van der Waals surface area contributed by atoms with Crippen LogP contribution in [0.1, 0.15) is 37.1 Å². The van der Waals surface area contributed by atoms with Gasteiger partial charge in [-0.1, -0.05) is 11.6 Å². The second-order valence-corrected chi connectivity index (χ2v) is 5.42. The molecule has 2 amide bonds. The van der Waals surface area contributed by atoms with Crippen LogP contribution in [-0.2, 0) is 4.74 Å². The number of hydrogen-bond donors (Lipinski definition) is 4. The van der Waals surface area contributed by atoms with E-state index in [9.17, 15) is 14.0 Å². The van der Waals surface area contributed by atoms with Gasteiger partial charge in [0.05, 0.1) is 29.8 Å². The molecular weight excluding hydrogens is 345 g/mol. The lowest BCUT2D eigenvalue weighted by Crippen LogP contribution is -2.38. The quantitative estimate of drug-likeness (QED) is 0.580. The molecule has 1 heterocycles. The molecule has 1 aromatic carbocycles. The van der Waals surface area contributed by atoms with E-state index in [1.54, 1.807) is 13.8 Å². The highest BCUT2D eigenvalue weighted by Crippen LogP contribution is 2.40. The van der Waals surface area contributed by atoms with Gasteiger partial charge in [-0.15, -0.1) is 0 Å². The lowest BCUT2D eigenvalue weighted by Gasteiger charge is -2.23. The summed E-state index contributed by atoms with van der Waals surface area (Å²) in [5, 5.41) is 10.9. The van der Waals surface area contributed by atoms with E-state index in [4.69, 9.17) is 26.2 Å². The standard InChI is InChI=1S/C14H17ClFN3O5/c1-3-23-12-7(6(2)18-19-13(20)21)4-8(15)11(16)10(12)9-5-17-14(22)24-9/h4,6,9,18-19H,3,5H2,1-2H3,(H,17,22)(H,20,21)/t6?,9-/m0/s1. The molecule has 132 valence electrons.